The highest BCUT2D eigenvalue weighted by molar-refractivity contribution is 8.00. The minimum Gasteiger partial charge on any atom is -0.336 e. The lowest BCUT2D eigenvalue weighted by Crippen LogP contribution is -2.32. The topological polar surface area (TPSA) is 17.8 Å². The fourth-order valence-corrected chi connectivity index (χ4v) is 4.97. The zero-order chi connectivity index (χ0) is 14.5. The second-order valence-electron chi connectivity index (χ2n) is 5.94. The second kappa shape index (κ2) is 6.69. The average Bonchev–Trinajstić information content (AvgIpc) is 3.01. The molecule has 2 nitrogen and oxygen atoms in total. The van der Waals surface area contributed by atoms with Crippen molar-refractivity contribution in [2.75, 3.05) is 5.75 Å². The molecule has 1 aromatic heterocycles. The van der Waals surface area contributed by atoms with E-state index in [1.165, 1.54) is 37.9 Å². The fraction of sp³-hybridized carbons (Fsp3) is 0.500. The van der Waals surface area contributed by atoms with E-state index in [0.717, 1.165) is 6.54 Å². The van der Waals surface area contributed by atoms with Gasteiger partial charge in [-0.05, 0) is 29.7 Å². The Morgan fingerprint density at radius 1 is 1.29 bits per heavy atom. The summed E-state index contributed by atoms with van der Waals surface area (Å²) in [6.45, 7) is 3.32. The van der Waals surface area contributed by atoms with Crippen molar-refractivity contribution < 1.29 is 0 Å². The summed E-state index contributed by atoms with van der Waals surface area (Å²) in [5.74, 6) is 1.23. The van der Waals surface area contributed by atoms with Crippen molar-refractivity contribution in [3.05, 3.63) is 54.1 Å². The Balaban J connectivity index is 1.92. The first kappa shape index (κ1) is 14.7. The second-order valence-corrected chi connectivity index (χ2v) is 7.42. The zero-order valence-corrected chi connectivity index (χ0v) is 13.6. The molecule has 112 valence electrons. The first-order valence-electron chi connectivity index (χ1n) is 8.02. The minimum absolute atomic E-state index is 0.227. The van der Waals surface area contributed by atoms with Gasteiger partial charge >= 0.3 is 0 Å². The van der Waals surface area contributed by atoms with Crippen LogP contribution in [0.4, 0.5) is 0 Å². The quantitative estimate of drug-likeness (QED) is 0.723. The van der Waals surface area contributed by atoms with Crippen LogP contribution < -0.4 is 0 Å². The van der Waals surface area contributed by atoms with Crippen molar-refractivity contribution in [1.29, 1.82) is 0 Å². The summed E-state index contributed by atoms with van der Waals surface area (Å²) in [5.41, 5.74) is 3.11. The van der Waals surface area contributed by atoms with Crippen LogP contribution in [-0.4, -0.2) is 15.3 Å². The van der Waals surface area contributed by atoms with E-state index in [1.807, 2.05) is 12.5 Å². The van der Waals surface area contributed by atoms with Crippen molar-refractivity contribution in [2.45, 2.75) is 50.3 Å². The predicted molar refractivity (Wildman–Crippen MR) is 90.7 cm³/mol. The van der Waals surface area contributed by atoms with Gasteiger partial charge in [-0.3, -0.25) is 0 Å². The number of benzene rings is 1. The third kappa shape index (κ3) is 3.18. The van der Waals surface area contributed by atoms with E-state index in [4.69, 9.17) is 0 Å². The summed E-state index contributed by atoms with van der Waals surface area (Å²) in [4.78, 5) is 4.22. The molecule has 0 spiro atoms. The van der Waals surface area contributed by atoms with Crippen molar-refractivity contribution in [3.63, 3.8) is 0 Å². The number of hydrogen-bond donors (Lipinski definition) is 0. The lowest BCUT2D eigenvalue weighted by molar-refractivity contribution is 0.448. The van der Waals surface area contributed by atoms with Gasteiger partial charge in [-0.15, -0.1) is 11.8 Å². The highest BCUT2D eigenvalue weighted by atomic mass is 32.2. The molecule has 1 aliphatic heterocycles. The molecule has 0 N–H and O–H groups in total. The molecule has 1 atom stereocenters. The van der Waals surface area contributed by atoms with Gasteiger partial charge in [-0.25, -0.2) is 4.98 Å². The van der Waals surface area contributed by atoms with Gasteiger partial charge in [0.15, 0.2) is 0 Å². The Hall–Kier alpha value is -1.22. The molecule has 1 aromatic carbocycles. The monoisotopic (exact) mass is 300 g/mol. The van der Waals surface area contributed by atoms with E-state index >= 15 is 0 Å². The molecule has 0 radical (unpaired) electrons. The number of fused-ring (bicyclic) bond motifs is 1. The molecule has 0 saturated heterocycles. The van der Waals surface area contributed by atoms with Crippen molar-refractivity contribution in [3.8, 4) is 0 Å². The molecule has 1 unspecified atom stereocenters. The maximum absolute atomic E-state index is 4.22. The van der Waals surface area contributed by atoms with Gasteiger partial charge in [-0.2, -0.15) is 0 Å². The van der Waals surface area contributed by atoms with E-state index in [2.05, 4.69) is 58.7 Å². The summed E-state index contributed by atoms with van der Waals surface area (Å²) in [6, 6.07) is 9.05. The van der Waals surface area contributed by atoms with Crippen LogP contribution in [0.25, 0.3) is 0 Å². The number of aryl methyl sites for hydroxylation is 1. The Morgan fingerprint density at radius 2 is 2.19 bits per heavy atom. The average molecular weight is 300 g/mol. The number of imidazole rings is 1. The van der Waals surface area contributed by atoms with Crippen LogP contribution in [0, 0.1) is 0 Å². The van der Waals surface area contributed by atoms with E-state index in [9.17, 15) is 0 Å². The standard InChI is InChI=1S/C18H24N2S/c1-2-3-6-10-18(14-20-12-11-19-15-20)17-8-5-4-7-16(17)9-13-21-18/h4-5,7-8,11-12,15H,2-3,6,9-10,13-14H2,1H3. The molecule has 2 heterocycles. The Bertz CT molecular complexity index is 564. The predicted octanol–water partition coefficient (Wildman–Crippen LogP) is 4.65. The maximum Gasteiger partial charge on any atom is 0.0946 e. The van der Waals surface area contributed by atoms with E-state index in [0.29, 0.717) is 0 Å². The van der Waals surface area contributed by atoms with Gasteiger partial charge in [0.2, 0.25) is 0 Å². The highest BCUT2D eigenvalue weighted by Crippen LogP contribution is 2.47. The van der Waals surface area contributed by atoms with Crippen LogP contribution in [0.3, 0.4) is 0 Å². The van der Waals surface area contributed by atoms with Crippen LogP contribution in [-0.2, 0) is 17.7 Å². The zero-order valence-electron chi connectivity index (χ0n) is 12.8. The summed E-state index contributed by atoms with van der Waals surface area (Å²) >= 11 is 2.15. The van der Waals surface area contributed by atoms with E-state index in [1.54, 1.807) is 11.1 Å². The summed E-state index contributed by atoms with van der Waals surface area (Å²) < 4.78 is 2.48. The molecular weight excluding hydrogens is 276 g/mol. The van der Waals surface area contributed by atoms with Gasteiger partial charge in [0, 0.05) is 18.9 Å². The molecule has 0 fully saturated rings. The third-order valence-electron chi connectivity index (χ3n) is 4.44. The van der Waals surface area contributed by atoms with Crippen LogP contribution in [0.2, 0.25) is 0 Å². The number of unbranched alkanes of at least 4 members (excludes halogenated alkanes) is 2. The SMILES string of the molecule is CCCCCC1(Cn2ccnc2)SCCc2ccccc21. The molecule has 2 aromatic rings. The number of rotatable bonds is 6. The molecule has 0 saturated carbocycles. The minimum atomic E-state index is 0.227. The molecular formula is C18H24N2S. The number of thioether (sulfide) groups is 1. The van der Waals surface area contributed by atoms with Crippen molar-refractivity contribution >= 4 is 11.8 Å². The Morgan fingerprint density at radius 3 is 3.00 bits per heavy atom. The maximum atomic E-state index is 4.22. The summed E-state index contributed by atoms with van der Waals surface area (Å²) in [6.07, 6.45) is 12.3. The van der Waals surface area contributed by atoms with Gasteiger partial charge in [0.25, 0.3) is 0 Å². The van der Waals surface area contributed by atoms with E-state index < -0.39 is 0 Å². The summed E-state index contributed by atoms with van der Waals surface area (Å²) in [5, 5.41) is 0. The fourth-order valence-electron chi connectivity index (χ4n) is 3.37. The normalized spacial score (nSPS) is 21.2. The van der Waals surface area contributed by atoms with Gasteiger partial charge in [0.1, 0.15) is 0 Å². The molecule has 21 heavy (non-hydrogen) atoms. The van der Waals surface area contributed by atoms with Crippen LogP contribution in [0.15, 0.2) is 43.0 Å². The molecule has 0 amide bonds. The van der Waals surface area contributed by atoms with Gasteiger partial charge < -0.3 is 4.57 Å². The number of nitrogens with zero attached hydrogens (tertiary/aromatic N) is 2. The smallest absolute Gasteiger partial charge is 0.0946 e. The lowest BCUT2D eigenvalue weighted by Gasteiger charge is -2.39. The summed E-state index contributed by atoms with van der Waals surface area (Å²) in [7, 11) is 0. The largest absolute Gasteiger partial charge is 0.336 e. The van der Waals surface area contributed by atoms with Crippen LogP contribution in [0.1, 0.15) is 43.7 Å². The van der Waals surface area contributed by atoms with E-state index in [-0.39, 0.29) is 4.75 Å². The molecule has 0 aliphatic carbocycles. The molecule has 3 heteroatoms. The molecule has 1 aliphatic rings. The van der Waals surface area contributed by atoms with Gasteiger partial charge in [-0.1, -0.05) is 50.5 Å². The first-order chi connectivity index (χ1) is 10.3. The van der Waals surface area contributed by atoms with Gasteiger partial charge in [0.05, 0.1) is 11.1 Å². The Kier molecular flexibility index (Phi) is 4.69. The first-order valence-corrected chi connectivity index (χ1v) is 9.01. The van der Waals surface area contributed by atoms with Crippen molar-refractivity contribution in [1.82, 2.24) is 9.55 Å². The number of aromatic nitrogens is 2. The van der Waals surface area contributed by atoms with Crippen LogP contribution >= 0.6 is 11.8 Å². The Labute approximate surface area is 132 Å². The highest BCUT2D eigenvalue weighted by Gasteiger charge is 2.36. The third-order valence-corrected chi connectivity index (χ3v) is 5.95. The lowest BCUT2D eigenvalue weighted by atomic mass is 9.87. The molecule has 0 bridgehead atoms. The number of hydrogen-bond acceptors (Lipinski definition) is 2. The molecule has 3 rings (SSSR count). The van der Waals surface area contributed by atoms with Crippen LogP contribution in [0.5, 0.6) is 0 Å². The van der Waals surface area contributed by atoms with Crippen molar-refractivity contribution in [2.24, 2.45) is 0 Å².